The van der Waals surface area contributed by atoms with E-state index in [9.17, 15) is 19.5 Å². The van der Waals surface area contributed by atoms with E-state index in [0.29, 0.717) is 35.9 Å². The summed E-state index contributed by atoms with van der Waals surface area (Å²) in [5.74, 6) is 0.114. The van der Waals surface area contributed by atoms with E-state index in [1.807, 2.05) is 15.9 Å². The Morgan fingerprint density at radius 2 is 1.67 bits per heavy atom. The first-order valence-electron chi connectivity index (χ1n) is 15.6. The van der Waals surface area contributed by atoms with Crippen molar-refractivity contribution in [2.24, 2.45) is 11.8 Å². The molecule has 1 saturated heterocycles. The number of carboxylic acids is 1. The average Bonchev–Trinajstić information content (AvgIpc) is 3.66. The van der Waals surface area contributed by atoms with E-state index < -0.39 is 5.97 Å². The van der Waals surface area contributed by atoms with Crippen molar-refractivity contribution >= 4 is 34.8 Å². The predicted octanol–water partition coefficient (Wildman–Crippen LogP) is 6.92. The second kappa shape index (κ2) is 12.7. The zero-order valence-electron chi connectivity index (χ0n) is 25.4. The Balaban J connectivity index is 1.33. The van der Waals surface area contributed by atoms with Gasteiger partial charge in [0.2, 0.25) is 11.8 Å². The zero-order valence-corrected chi connectivity index (χ0v) is 26.3. The number of hydrogen-bond donors (Lipinski definition) is 1. The lowest BCUT2D eigenvalue weighted by atomic mass is 9.81. The van der Waals surface area contributed by atoms with Crippen molar-refractivity contribution in [3.05, 3.63) is 39.7 Å². The number of carbonyl (C=O) groups is 3. The van der Waals surface area contributed by atoms with E-state index in [2.05, 4.69) is 32.7 Å². The van der Waals surface area contributed by atoms with Gasteiger partial charge < -0.3 is 19.6 Å². The number of aromatic nitrogens is 1. The standard InChI is InChI=1S/C33H45N3O5S/c1-21-7-9-22(10-8-21)31(38)36(26-20-27(33(2,3)4)42-29(26)32(39)40)24-11-13-25(14-12-24)41-28-19-23(15-16-34-28)30(37)35-17-5-6-18-35/h15-16,19-22,24-25H,5-14,17-18H2,1-4H3,(H,39,40)/t21?,22?,24-,25-. The van der Waals surface area contributed by atoms with Gasteiger partial charge in [0, 0.05) is 47.8 Å². The maximum absolute atomic E-state index is 14.2. The van der Waals surface area contributed by atoms with Crippen molar-refractivity contribution in [2.75, 3.05) is 18.0 Å². The van der Waals surface area contributed by atoms with Crippen LogP contribution in [0.4, 0.5) is 5.69 Å². The van der Waals surface area contributed by atoms with Crippen LogP contribution in [0.3, 0.4) is 0 Å². The topological polar surface area (TPSA) is 100 Å². The molecule has 3 heterocycles. The number of likely N-dealkylation sites (tertiary alicyclic amines) is 1. The summed E-state index contributed by atoms with van der Waals surface area (Å²) < 4.78 is 6.26. The molecular formula is C33H45N3O5S. The quantitative estimate of drug-likeness (QED) is 0.373. The number of thiophene rings is 1. The third-order valence-electron chi connectivity index (χ3n) is 9.18. The van der Waals surface area contributed by atoms with Gasteiger partial charge in [-0.15, -0.1) is 11.3 Å². The summed E-state index contributed by atoms with van der Waals surface area (Å²) in [6, 6.07) is 5.35. The molecule has 0 radical (unpaired) electrons. The third kappa shape index (κ3) is 6.82. The number of carbonyl (C=O) groups excluding carboxylic acids is 2. The van der Waals surface area contributed by atoms with Gasteiger partial charge in [-0.3, -0.25) is 9.59 Å². The smallest absolute Gasteiger partial charge is 0.348 e. The third-order valence-corrected chi connectivity index (χ3v) is 10.7. The molecule has 8 nitrogen and oxygen atoms in total. The van der Waals surface area contributed by atoms with Crippen molar-refractivity contribution < 1.29 is 24.2 Å². The fourth-order valence-electron chi connectivity index (χ4n) is 6.58. The van der Waals surface area contributed by atoms with Gasteiger partial charge in [-0.1, -0.05) is 27.7 Å². The molecule has 1 aliphatic heterocycles. The second-order valence-corrected chi connectivity index (χ2v) is 14.5. The number of ether oxygens (including phenoxy) is 1. The van der Waals surface area contributed by atoms with Gasteiger partial charge in [0.25, 0.3) is 5.91 Å². The Morgan fingerprint density at radius 1 is 1.00 bits per heavy atom. The lowest BCUT2D eigenvalue weighted by molar-refractivity contribution is -0.124. The van der Waals surface area contributed by atoms with Crippen LogP contribution in [-0.2, 0) is 10.2 Å². The maximum atomic E-state index is 14.2. The number of nitrogens with zero attached hydrogens (tertiary/aromatic N) is 3. The van der Waals surface area contributed by atoms with Crippen LogP contribution < -0.4 is 9.64 Å². The molecule has 9 heteroatoms. The fourth-order valence-corrected chi connectivity index (χ4v) is 7.63. The van der Waals surface area contributed by atoms with Crippen LogP contribution in [0.25, 0.3) is 0 Å². The summed E-state index contributed by atoms with van der Waals surface area (Å²) in [5.41, 5.74) is 0.938. The monoisotopic (exact) mass is 595 g/mol. The van der Waals surface area contributed by atoms with Crippen LogP contribution in [0.1, 0.15) is 117 Å². The summed E-state index contributed by atoms with van der Waals surface area (Å²) in [4.78, 5) is 48.8. The zero-order chi connectivity index (χ0) is 30.0. The molecule has 0 unspecified atom stereocenters. The number of anilines is 1. The first kappa shape index (κ1) is 30.5. The molecule has 2 aliphatic carbocycles. The summed E-state index contributed by atoms with van der Waals surface area (Å²) >= 11 is 1.29. The molecule has 228 valence electrons. The molecule has 0 spiro atoms. The minimum absolute atomic E-state index is 0.0225. The molecule has 42 heavy (non-hydrogen) atoms. The molecule has 1 N–H and O–H groups in total. The predicted molar refractivity (Wildman–Crippen MR) is 165 cm³/mol. The molecule has 3 aliphatic rings. The van der Waals surface area contributed by atoms with Gasteiger partial charge in [-0.05, 0) is 87.7 Å². The molecule has 5 rings (SSSR count). The van der Waals surface area contributed by atoms with Crippen LogP contribution in [0.15, 0.2) is 24.4 Å². The summed E-state index contributed by atoms with van der Waals surface area (Å²) in [7, 11) is 0. The van der Waals surface area contributed by atoms with Crippen LogP contribution in [0.2, 0.25) is 0 Å². The van der Waals surface area contributed by atoms with E-state index in [4.69, 9.17) is 4.74 Å². The van der Waals surface area contributed by atoms with Crippen molar-refractivity contribution in [3.63, 3.8) is 0 Å². The lowest BCUT2D eigenvalue weighted by Crippen LogP contribution is -2.47. The lowest BCUT2D eigenvalue weighted by Gasteiger charge is -2.39. The normalized spacial score (nSPS) is 24.8. The number of carboxylic acid groups (broad SMARTS) is 1. The van der Waals surface area contributed by atoms with Crippen LogP contribution >= 0.6 is 11.3 Å². The van der Waals surface area contributed by atoms with Crippen molar-refractivity contribution in [1.29, 1.82) is 0 Å². The first-order chi connectivity index (χ1) is 20.0. The van der Waals surface area contributed by atoms with Gasteiger partial charge >= 0.3 is 5.97 Å². The molecule has 0 bridgehead atoms. The van der Waals surface area contributed by atoms with Crippen molar-refractivity contribution in [2.45, 2.75) is 109 Å². The Hall–Kier alpha value is -2.94. The Bertz CT molecular complexity index is 1280. The van der Waals surface area contributed by atoms with E-state index >= 15 is 0 Å². The van der Waals surface area contributed by atoms with Gasteiger partial charge in [0.1, 0.15) is 11.0 Å². The van der Waals surface area contributed by atoms with Gasteiger partial charge in [0.15, 0.2) is 0 Å². The largest absolute Gasteiger partial charge is 0.477 e. The molecule has 0 aromatic carbocycles. The summed E-state index contributed by atoms with van der Waals surface area (Å²) in [5, 5.41) is 10.2. The first-order valence-corrected chi connectivity index (χ1v) is 16.5. The molecule has 2 aromatic heterocycles. The average molecular weight is 596 g/mol. The number of aromatic carboxylic acids is 1. The molecule has 3 fully saturated rings. The Morgan fingerprint density at radius 3 is 2.29 bits per heavy atom. The number of pyridine rings is 1. The van der Waals surface area contributed by atoms with Crippen LogP contribution in [0.5, 0.6) is 5.88 Å². The van der Waals surface area contributed by atoms with E-state index in [0.717, 1.165) is 69.3 Å². The summed E-state index contributed by atoms with van der Waals surface area (Å²) in [6.07, 6.45) is 10.3. The van der Waals surface area contributed by atoms with Crippen molar-refractivity contribution in [1.82, 2.24) is 9.88 Å². The van der Waals surface area contributed by atoms with Crippen molar-refractivity contribution in [3.8, 4) is 5.88 Å². The molecule has 0 atom stereocenters. The van der Waals surface area contributed by atoms with Gasteiger partial charge in [0.05, 0.1) is 5.69 Å². The fraction of sp³-hybridized carbons (Fsp3) is 0.636. The minimum atomic E-state index is -0.980. The van der Waals surface area contributed by atoms with Crippen LogP contribution in [0, 0.1) is 11.8 Å². The Labute approximate surface area is 253 Å². The van der Waals surface area contributed by atoms with Crippen LogP contribution in [-0.4, -0.2) is 58.0 Å². The number of rotatable bonds is 7. The highest BCUT2D eigenvalue weighted by molar-refractivity contribution is 7.14. The summed E-state index contributed by atoms with van der Waals surface area (Å²) in [6.45, 7) is 10.1. The second-order valence-electron chi connectivity index (χ2n) is 13.5. The number of hydrogen-bond acceptors (Lipinski definition) is 6. The molecular weight excluding hydrogens is 550 g/mol. The highest BCUT2D eigenvalue weighted by atomic mass is 32.1. The van der Waals surface area contributed by atoms with E-state index in [1.54, 1.807) is 18.3 Å². The van der Waals surface area contributed by atoms with Gasteiger partial charge in [-0.25, -0.2) is 9.78 Å². The Kier molecular flexibility index (Phi) is 9.26. The SMILES string of the molecule is CC1CCC(C(=O)N(c2cc(C(C)(C)C)sc2C(=O)O)[C@H]2CC[C@H](Oc3cc(C(=O)N4CCCC4)ccn3)CC2)CC1. The van der Waals surface area contributed by atoms with E-state index in [1.165, 1.54) is 11.3 Å². The number of amides is 2. The minimum Gasteiger partial charge on any atom is -0.477 e. The molecule has 2 amide bonds. The highest BCUT2D eigenvalue weighted by Gasteiger charge is 2.38. The van der Waals surface area contributed by atoms with E-state index in [-0.39, 0.29) is 40.2 Å². The van der Waals surface area contributed by atoms with Gasteiger partial charge in [-0.2, -0.15) is 0 Å². The highest BCUT2D eigenvalue weighted by Crippen LogP contribution is 2.42. The molecule has 2 saturated carbocycles. The molecule has 2 aromatic rings. The maximum Gasteiger partial charge on any atom is 0.348 e.